The van der Waals surface area contributed by atoms with Gasteiger partial charge in [0, 0.05) is 49.0 Å². The molecule has 1 aliphatic rings. The summed E-state index contributed by atoms with van der Waals surface area (Å²) in [5.74, 6) is -0.187. The highest BCUT2D eigenvalue weighted by Crippen LogP contribution is 2.23. The molecule has 0 bridgehead atoms. The van der Waals surface area contributed by atoms with Crippen LogP contribution in [0.2, 0.25) is 0 Å². The first kappa shape index (κ1) is 20.7. The molecule has 6 heteroatoms. The maximum Gasteiger partial charge on any atom is 0.226 e. The lowest BCUT2D eigenvalue weighted by Gasteiger charge is -2.19. The summed E-state index contributed by atoms with van der Waals surface area (Å²) in [6, 6.07) is 15.2. The molecule has 1 fully saturated rings. The van der Waals surface area contributed by atoms with Crippen LogP contribution < -0.4 is 21.3 Å². The molecule has 29 heavy (non-hydrogen) atoms. The normalized spacial score (nSPS) is 14.4. The van der Waals surface area contributed by atoms with Crippen molar-refractivity contribution in [3.63, 3.8) is 0 Å². The number of carbonyl (C=O) groups excluding carboxylic acids is 2. The maximum atomic E-state index is 12.4. The van der Waals surface area contributed by atoms with Gasteiger partial charge in [0.2, 0.25) is 11.8 Å². The Hall–Kier alpha value is -3.02. The average Bonchev–Trinajstić information content (AvgIpc) is 3.22. The molecule has 0 aromatic heterocycles. The van der Waals surface area contributed by atoms with Crippen LogP contribution in [0.1, 0.15) is 38.2 Å². The SMILES string of the molecule is CC(CC(=O)Nc1cccc(N2CCCC2)c1)NC(=O)CCc1ccccc1N. The van der Waals surface area contributed by atoms with Crippen LogP contribution in [0.25, 0.3) is 0 Å². The van der Waals surface area contributed by atoms with Crippen molar-refractivity contribution in [1.29, 1.82) is 0 Å². The molecule has 4 N–H and O–H groups in total. The largest absolute Gasteiger partial charge is 0.399 e. The fraction of sp³-hybridized carbons (Fsp3) is 0.391. The Morgan fingerprint density at radius 2 is 1.83 bits per heavy atom. The zero-order valence-corrected chi connectivity index (χ0v) is 17.0. The first-order valence-corrected chi connectivity index (χ1v) is 10.3. The quantitative estimate of drug-likeness (QED) is 0.599. The lowest BCUT2D eigenvalue weighted by atomic mass is 10.1. The van der Waals surface area contributed by atoms with E-state index in [9.17, 15) is 9.59 Å². The topological polar surface area (TPSA) is 87.5 Å². The van der Waals surface area contributed by atoms with Crippen molar-refractivity contribution in [2.75, 3.05) is 29.0 Å². The highest BCUT2D eigenvalue weighted by molar-refractivity contribution is 5.92. The summed E-state index contributed by atoms with van der Waals surface area (Å²) in [5.41, 5.74) is 9.50. The number of rotatable bonds is 8. The van der Waals surface area contributed by atoms with E-state index in [1.165, 1.54) is 12.8 Å². The van der Waals surface area contributed by atoms with Crippen molar-refractivity contribution < 1.29 is 9.59 Å². The first-order chi connectivity index (χ1) is 14.0. The summed E-state index contributed by atoms with van der Waals surface area (Å²) in [4.78, 5) is 26.9. The molecule has 154 valence electrons. The van der Waals surface area contributed by atoms with Gasteiger partial charge in [-0.15, -0.1) is 0 Å². The van der Waals surface area contributed by atoms with Gasteiger partial charge in [-0.25, -0.2) is 0 Å². The molecule has 0 saturated carbocycles. The number of nitrogens with two attached hydrogens (primary N) is 1. The number of para-hydroxylation sites is 1. The molecule has 1 saturated heterocycles. The van der Waals surface area contributed by atoms with Crippen LogP contribution in [0.3, 0.4) is 0 Å². The van der Waals surface area contributed by atoms with E-state index in [0.29, 0.717) is 18.5 Å². The summed E-state index contributed by atoms with van der Waals surface area (Å²) in [6.45, 7) is 3.97. The summed E-state index contributed by atoms with van der Waals surface area (Å²) < 4.78 is 0. The van der Waals surface area contributed by atoms with Gasteiger partial charge in [0.05, 0.1) is 0 Å². The van der Waals surface area contributed by atoms with Crippen LogP contribution in [-0.4, -0.2) is 30.9 Å². The van der Waals surface area contributed by atoms with E-state index in [0.717, 1.165) is 30.0 Å². The standard InChI is InChI=1S/C23H30N4O2/c1-17(25-22(28)12-11-18-7-2-3-10-21(18)24)15-23(29)26-19-8-6-9-20(16-19)27-13-4-5-14-27/h2-3,6-10,16-17H,4-5,11-15,24H2,1H3,(H,25,28)(H,26,29). The van der Waals surface area contributed by atoms with Gasteiger partial charge in [-0.1, -0.05) is 24.3 Å². The zero-order valence-electron chi connectivity index (χ0n) is 17.0. The number of hydrogen-bond donors (Lipinski definition) is 3. The number of anilines is 3. The molecule has 1 atom stereocenters. The molecule has 0 spiro atoms. The highest BCUT2D eigenvalue weighted by atomic mass is 16.2. The van der Waals surface area contributed by atoms with Crippen molar-refractivity contribution >= 4 is 28.9 Å². The summed E-state index contributed by atoms with van der Waals surface area (Å²) in [6.07, 6.45) is 3.58. The van der Waals surface area contributed by atoms with E-state index in [-0.39, 0.29) is 24.3 Å². The second-order valence-electron chi connectivity index (χ2n) is 7.66. The van der Waals surface area contributed by atoms with Crippen LogP contribution in [0.5, 0.6) is 0 Å². The van der Waals surface area contributed by atoms with Gasteiger partial charge >= 0.3 is 0 Å². The number of benzene rings is 2. The number of nitrogen functional groups attached to an aromatic ring is 1. The smallest absolute Gasteiger partial charge is 0.226 e. The first-order valence-electron chi connectivity index (χ1n) is 10.3. The lowest BCUT2D eigenvalue weighted by Crippen LogP contribution is -2.35. The van der Waals surface area contributed by atoms with Gasteiger partial charge in [-0.2, -0.15) is 0 Å². The van der Waals surface area contributed by atoms with E-state index < -0.39 is 0 Å². The number of nitrogens with one attached hydrogen (secondary N) is 2. The van der Waals surface area contributed by atoms with Crippen LogP contribution in [0.4, 0.5) is 17.1 Å². The number of amides is 2. The highest BCUT2D eigenvalue weighted by Gasteiger charge is 2.15. The minimum absolute atomic E-state index is 0.0791. The molecule has 1 unspecified atom stereocenters. The third-order valence-electron chi connectivity index (χ3n) is 5.18. The van der Waals surface area contributed by atoms with E-state index in [2.05, 4.69) is 21.6 Å². The number of hydrogen-bond acceptors (Lipinski definition) is 4. The predicted octanol–water partition coefficient (Wildman–Crippen LogP) is 3.34. The molecule has 1 aliphatic heterocycles. The van der Waals surface area contributed by atoms with Gasteiger partial charge in [0.15, 0.2) is 0 Å². The number of aryl methyl sites for hydroxylation is 1. The van der Waals surface area contributed by atoms with Crippen LogP contribution in [-0.2, 0) is 16.0 Å². The Balaban J connectivity index is 1.43. The fourth-order valence-corrected chi connectivity index (χ4v) is 3.65. The van der Waals surface area contributed by atoms with E-state index in [4.69, 9.17) is 5.73 Å². The Morgan fingerprint density at radius 1 is 1.07 bits per heavy atom. The van der Waals surface area contributed by atoms with Gasteiger partial charge in [-0.05, 0) is 56.0 Å². The Kier molecular flexibility index (Phi) is 7.11. The van der Waals surface area contributed by atoms with Gasteiger partial charge in [0.1, 0.15) is 0 Å². The Morgan fingerprint density at radius 3 is 2.59 bits per heavy atom. The zero-order chi connectivity index (χ0) is 20.6. The third-order valence-corrected chi connectivity index (χ3v) is 5.18. The summed E-state index contributed by atoms with van der Waals surface area (Å²) in [5, 5.41) is 5.84. The molecule has 6 nitrogen and oxygen atoms in total. The second kappa shape index (κ2) is 9.96. The number of carbonyl (C=O) groups is 2. The summed E-state index contributed by atoms with van der Waals surface area (Å²) >= 11 is 0. The average molecular weight is 395 g/mol. The van der Waals surface area contributed by atoms with Gasteiger partial charge in [0.25, 0.3) is 0 Å². The Labute approximate surface area is 172 Å². The maximum absolute atomic E-state index is 12.4. The minimum atomic E-state index is -0.239. The van der Waals surface area contributed by atoms with Gasteiger partial charge < -0.3 is 21.3 Å². The molecule has 2 aromatic carbocycles. The van der Waals surface area contributed by atoms with Crippen molar-refractivity contribution in [2.45, 2.75) is 45.1 Å². The van der Waals surface area contributed by atoms with Crippen LogP contribution >= 0.6 is 0 Å². The molecular formula is C23H30N4O2. The van der Waals surface area contributed by atoms with Crippen molar-refractivity contribution in [1.82, 2.24) is 5.32 Å². The molecule has 2 aromatic rings. The van der Waals surface area contributed by atoms with Crippen molar-refractivity contribution in [3.05, 3.63) is 54.1 Å². The lowest BCUT2D eigenvalue weighted by molar-refractivity contribution is -0.122. The fourth-order valence-electron chi connectivity index (χ4n) is 3.65. The second-order valence-corrected chi connectivity index (χ2v) is 7.66. The molecular weight excluding hydrogens is 364 g/mol. The van der Waals surface area contributed by atoms with E-state index >= 15 is 0 Å². The van der Waals surface area contributed by atoms with Crippen molar-refractivity contribution in [2.24, 2.45) is 0 Å². The van der Waals surface area contributed by atoms with Crippen LogP contribution in [0, 0.1) is 0 Å². The molecule has 2 amide bonds. The Bertz CT molecular complexity index is 846. The monoisotopic (exact) mass is 394 g/mol. The third kappa shape index (κ3) is 6.24. The predicted molar refractivity (Wildman–Crippen MR) is 118 cm³/mol. The van der Waals surface area contributed by atoms with Gasteiger partial charge in [-0.3, -0.25) is 9.59 Å². The molecule has 3 rings (SSSR count). The van der Waals surface area contributed by atoms with E-state index in [1.807, 2.05) is 49.4 Å². The van der Waals surface area contributed by atoms with E-state index in [1.54, 1.807) is 0 Å². The number of nitrogens with zero attached hydrogens (tertiary/aromatic N) is 1. The van der Waals surface area contributed by atoms with Crippen molar-refractivity contribution in [3.8, 4) is 0 Å². The molecule has 0 aliphatic carbocycles. The summed E-state index contributed by atoms with van der Waals surface area (Å²) in [7, 11) is 0. The molecule has 0 radical (unpaired) electrons. The van der Waals surface area contributed by atoms with Crippen LogP contribution in [0.15, 0.2) is 48.5 Å². The minimum Gasteiger partial charge on any atom is -0.399 e. The molecule has 1 heterocycles.